The van der Waals surface area contributed by atoms with Crippen molar-refractivity contribution in [1.29, 1.82) is 0 Å². The molecule has 1 atom stereocenters. The van der Waals surface area contributed by atoms with Crippen molar-refractivity contribution in [2.75, 3.05) is 39.2 Å². The minimum absolute atomic E-state index is 0.106. The monoisotopic (exact) mass is 336 g/mol. The van der Waals surface area contributed by atoms with Crippen LogP contribution in [0.15, 0.2) is 24.3 Å². The molecule has 1 rings (SSSR count). The number of rotatable bonds is 11. The number of ether oxygens (including phenoxy) is 2. The maximum Gasteiger partial charge on any atom is 0.256 e. The van der Waals surface area contributed by atoms with Crippen molar-refractivity contribution in [3.63, 3.8) is 0 Å². The molecular formula is C19H32N2O3. The zero-order chi connectivity index (χ0) is 18.0. The second kappa shape index (κ2) is 10.3. The molecule has 24 heavy (non-hydrogen) atoms. The minimum atomic E-state index is -0.787. The summed E-state index contributed by atoms with van der Waals surface area (Å²) in [6.07, 6.45) is 2.57. The van der Waals surface area contributed by atoms with Crippen molar-refractivity contribution in [3.05, 3.63) is 24.3 Å². The summed E-state index contributed by atoms with van der Waals surface area (Å²) >= 11 is 0. The molecule has 0 fully saturated rings. The van der Waals surface area contributed by atoms with Gasteiger partial charge in [0.15, 0.2) is 0 Å². The van der Waals surface area contributed by atoms with Gasteiger partial charge in [0, 0.05) is 18.8 Å². The molecule has 1 aromatic carbocycles. The molecular weight excluding hydrogens is 304 g/mol. The van der Waals surface area contributed by atoms with E-state index >= 15 is 0 Å². The molecule has 136 valence electrons. The van der Waals surface area contributed by atoms with E-state index in [-0.39, 0.29) is 5.91 Å². The Hall–Kier alpha value is -1.59. The Kier molecular flexibility index (Phi) is 8.79. The van der Waals surface area contributed by atoms with Crippen LogP contribution in [0.25, 0.3) is 0 Å². The molecule has 5 heteroatoms. The molecule has 0 aliphatic heterocycles. The van der Waals surface area contributed by atoms with Gasteiger partial charge in [0.05, 0.1) is 6.61 Å². The molecule has 0 saturated carbocycles. The Morgan fingerprint density at radius 2 is 1.88 bits per heavy atom. The largest absolute Gasteiger partial charge is 0.494 e. The third kappa shape index (κ3) is 6.89. The summed E-state index contributed by atoms with van der Waals surface area (Å²) in [6.45, 7) is 8.00. The van der Waals surface area contributed by atoms with Gasteiger partial charge in [0.2, 0.25) is 0 Å². The van der Waals surface area contributed by atoms with Crippen LogP contribution < -0.4 is 10.1 Å². The minimum Gasteiger partial charge on any atom is -0.494 e. The number of hydrogen-bond donors (Lipinski definition) is 1. The smallest absolute Gasteiger partial charge is 0.256 e. The number of nitrogens with zero attached hydrogens (tertiary/aromatic N) is 1. The van der Waals surface area contributed by atoms with E-state index in [0.717, 1.165) is 30.8 Å². The predicted molar refractivity (Wildman–Crippen MR) is 98.7 cm³/mol. The number of benzene rings is 1. The van der Waals surface area contributed by atoms with E-state index in [2.05, 4.69) is 10.2 Å². The first kappa shape index (κ1) is 20.5. The molecule has 0 unspecified atom stereocenters. The van der Waals surface area contributed by atoms with E-state index in [4.69, 9.17) is 9.47 Å². The molecule has 1 N–H and O–H groups in total. The van der Waals surface area contributed by atoms with Gasteiger partial charge in [0.1, 0.15) is 11.4 Å². The van der Waals surface area contributed by atoms with Crippen LogP contribution in [-0.4, -0.2) is 50.3 Å². The maximum absolute atomic E-state index is 12.5. The highest BCUT2D eigenvalue weighted by atomic mass is 16.5. The molecule has 0 saturated heterocycles. The van der Waals surface area contributed by atoms with Gasteiger partial charge in [-0.1, -0.05) is 13.3 Å². The van der Waals surface area contributed by atoms with Crippen molar-refractivity contribution in [2.45, 2.75) is 45.6 Å². The van der Waals surface area contributed by atoms with Gasteiger partial charge in [-0.2, -0.15) is 0 Å². The molecule has 0 aliphatic rings. The lowest BCUT2D eigenvalue weighted by Gasteiger charge is -2.27. The molecule has 0 heterocycles. The Labute approximate surface area is 146 Å². The van der Waals surface area contributed by atoms with Crippen molar-refractivity contribution < 1.29 is 14.3 Å². The number of amides is 1. The summed E-state index contributed by atoms with van der Waals surface area (Å²) in [6, 6.07) is 7.47. The van der Waals surface area contributed by atoms with Crippen molar-refractivity contribution in [1.82, 2.24) is 4.90 Å². The van der Waals surface area contributed by atoms with Crippen molar-refractivity contribution in [2.24, 2.45) is 0 Å². The van der Waals surface area contributed by atoms with Gasteiger partial charge in [-0.05, 0) is 65.0 Å². The average Bonchev–Trinajstić information content (AvgIpc) is 2.53. The van der Waals surface area contributed by atoms with E-state index in [1.54, 1.807) is 0 Å². The lowest BCUT2D eigenvalue weighted by Crippen LogP contribution is -2.42. The molecule has 0 spiro atoms. The van der Waals surface area contributed by atoms with Gasteiger partial charge in [-0.15, -0.1) is 0 Å². The second-order valence-corrected chi connectivity index (χ2v) is 6.40. The van der Waals surface area contributed by atoms with Crippen LogP contribution in [0.5, 0.6) is 5.75 Å². The Morgan fingerprint density at radius 3 is 2.42 bits per heavy atom. The first-order chi connectivity index (χ1) is 11.4. The number of carbonyl (C=O) groups excluding carboxylic acids is 1. The Balaban J connectivity index is 2.54. The van der Waals surface area contributed by atoms with E-state index in [1.807, 2.05) is 59.1 Å². The van der Waals surface area contributed by atoms with Gasteiger partial charge in [-0.25, -0.2) is 0 Å². The summed E-state index contributed by atoms with van der Waals surface area (Å²) in [5, 5.41) is 2.94. The lowest BCUT2D eigenvalue weighted by atomic mass is 9.99. The normalized spacial score (nSPS) is 13.6. The Morgan fingerprint density at radius 1 is 1.21 bits per heavy atom. The van der Waals surface area contributed by atoms with Crippen LogP contribution in [0.3, 0.4) is 0 Å². The molecule has 0 radical (unpaired) electrons. The van der Waals surface area contributed by atoms with Crippen LogP contribution in [0.4, 0.5) is 5.69 Å². The van der Waals surface area contributed by atoms with Gasteiger partial charge in [-0.3, -0.25) is 4.79 Å². The van der Waals surface area contributed by atoms with Gasteiger partial charge < -0.3 is 19.7 Å². The summed E-state index contributed by atoms with van der Waals surface area (Å²) < 4.78 is 11.4. The third-order valence-electron chi connectivity index (χ3n) is 3.80. The summed E-state index contributed by atoms with van der Waals surface area (Å²) in [7, 11) is 4.10. The van der Waals surface area contributed by atoms with E-state index in [0.29, 0.717) is 19.6 Å². The number of carbonyl (C=O) groups is 1. The SMILES string of the molecule is CCC[C@@](C)(OCC)C(=O)Nc1ccc(OCCCN(C)C)cc1. The number of anilines is 1. The topological polar surface area (TPSA) is 50.8 Å². The summed E-state index contributed by atoms with van der Waals surface area (Å²) in [5.74, 6) is 0.707. The Bertz CT molecular complexity index is 480. The van der Waals surface area contributed by atoms with Crippen LogP contribution in [0.2, 0.25) is 0 Å². The standard InChI is InChI=1S/C19H32N2O3/c1-6-13-19(3,24-7-2)18(22)20-16-9-11-17(12-10-16)23-15-8-14-21(4)5/h9-12H,6-8,13-15H2,1-5H3,(H,20,22)/t19-/m1/s1. The van der Waals surface area contributed by atoms with Crippen molar-refractivity contribution >= 4 is 11.6 Å². The van der Waals surface area contributed by atoms with E-state index in [1.165, 1.54) is 0 Å². The highest BCUT2D eigenvalue weighted by molar-refractivity contribution is 5.97. The van der Waals surface area contributed by atoms with Crippen LogP contribution >= 0.6 is 0 Å². The maximum atomic E-state index is 12.5. The quantitative estimate of drug-likeness (QED) is 0.628. The fraction of sp³-hybridized carbons (Fsp3) is 0.632. The summed E-state index contributed by atoms with van der Waals surface area (Å²) in [4.78, 5) is 14.6. The molecule has 1 aromatic rings. The summed E-state index contributed by atoms with van der Waals surface area (Å²) in [5.41, 5.74) is -0.0344. The highest BCUT2D eigenvalue weighted by Gasteiger charge is 2.32. The number of hydrogen-bond acceptors (Lipinski definition) is 4. The third-order valence-corrected chi connectivity index (χ3v) is 3.80. The van der Waals surface area contributed by atoms with Crippen LogP contribution in [0.1, 0.15) is 40.0 Å². The zero-order valence-corrected chi connectivity index (χ0v) is 15.7. The fourth-order valence-electron chi connectivity index (χ4n) is 2.52. The number of nitrogens with one attached hydrogen (secondary N) is 1. The first-order valence-corrected chi connectivity index (χ1v) is 8.74. The average molecular weight is 336 g/mol. The van der Waals surface area contributed by atoms with E-state index < -0.39 is 5.60 Å². The fourth-order valence-corrected chi connectivity index (χ4v) is 2.52. The molecule has 5 nitrogen and oxygen atoms in total. The molecule has 1 amide bonds. The van der Waals surface area contributed by atoms with Crippen LogP contribution in [-0.2, 0) is 9.53 Å². The lowest BCUT2D eigenvalue weighted by molar-refractivity contribution is -0.139. The van der Waals surface area contributed by atoms with Crippen molar-refractivity contribution in [3.8, 4) is 5.75 Å². The highest BCUT2D eigenvalue weighted by Crippen LogP contribution is 2.22. The second-order valence-electron chi connectivity index (χ2n) is 6.40. The zero-order valence-electron chi connectivity index (χ0n) is 15.7. The molecule has 0 bridgehead atoms. The molecule has 0 aliphatic carbocycles. The van der Waals surface area contributed by atoms with Gasteiger partial charge in [0.25, 0.3) is 5.91 Å². The van der Waals surface area contributed by atoms with E-state index in [9.17, 15) is 4.79 Å². The molecule has 0 aromatic heterocycles. The predicted octanol–water partition coefficient (Wildman–Crippen LogP) is 3.55. The first-order valence-electron chi connectivity index (χ1n) is 8.74. The van der Waals surface area contributed by atoms with Gasteiger partial charge >= 0.3 is 0 Å². The van der Waals surface area contributed by atoms with Crippen LogP contribution in [0, 0.1) is 0 Å².